The van der Waals surface area contributed by atoms with Crippen LogP contribution in [0.4, 0.5) is 0 Å². The van der Waals surface area contributed by atoms with E-state index in [4.69, 9.17) is 4.74 Å². The number of aromatic amines is 1. The zero-order valence-electron chi connectivity index (χ0n) is 15.2. The average molecular weight is 362 g/mol. The Morgan fingerprint density at radius 2 is 1.70 bits per heavy atom. The number of hydrogen-bond donors (Lipinski definition) is 1. The monoisotopic (exact) mass is 362 g/mol. The van der Waals surface area contributed by atoms with Gasteiger partial charge in [0.1, 0.15) is 12.4 Å². The Balaban J connectivity index is 1.61. The van der Waals surface area contributed by atoms with Crippen LogP contribution in [-0.4, -0.2) is 22.3 Å². The predicted octanol–water partition coefficient (Wildman–Crippen LogP) is 3.62. The summed E-state index contributed by atoms with van der Waals surface area (Å²) < 4.78 is 5.79. The second-order valence-corrected chi connectivity index (χ2v) is 6.18. The van der Waals surface area contributed by atoms with E-state index in [1.54, 1.807) is 11.0 Å². The van der Waals surface area contributed by atoms with E-state index < -0.39 is 0 Å². The molecule has 0 aliphatic heterocycles. The van der Waals surface area contributed by atoms with Crippen molar-refractivity contribution in [2.45, 2.75) is 20.1 Å². The molecule has 0 saturated carbocycles. The van der Waals surface area contributed by atoms with Gasteiger partial charge in [0.25, 0.3) is 5.91 Å². The number of amides is 1. The lowest BCUT2D eigenvalue weighted by Crippen LogP contribution is -2.30. The molecule has 0 unspecified atom stereocenters. The number of carbonyl (C=O) groups excluding carboxylic acids is 1. The van der Waals surface area contributed by atoms with Crippen LogP contribution >= 0.6 is 0 Å². The summed E-state index contributed by atoms with van der Waals surface area (Å²) in [6.45, 7) is 3.52. The molecule has 27 heavy (non-hydrogen) atoms. The van der Waals surface area contributed by atoms with Crippen LogP contribution in [0.5, 0.6) is 5.75 Å². The van der Waals surface area contributed by atoms with Gasteiger partial charge in [-0.3, -0.25) is 9.59 Å². The third-order valence-electron chi connectivity index (χ3n) is 4.25. The Bertz CT molecular complexity index is 913. The zero-order valence-corrected chi connectivity index (χ0v) is 15.2. The van der Waals surface area contributed by atoms with Crippen LogP contribution in [0.3, 0.4) is 0 Å². The van der Waals surface area contributed by atoms with Gasteiger partial charge in [-0.25, -0.2) is 0 Å². The number of nitrogens with zero attached hydrogens (tertiary/aromatic N) is 1. The molecule has 0 fully saturated rings. The number of nitrogens with one attached hydrogen (secondary N) is 1. The van der Waals surface area contributed by atoms with Gasteiger partial charge in [-0.1, -0.05) is 42.5 Å². The summed E-state index contributed by atoms with van der Waals surface area (Å²) in [5.74, 6) is 0.677. The largest absolute Gasteiger partial charge is 0.489 e. The number of carbonyl (C=O) groups is 1. The Labute approximate surface area is 158 Å². The van der Waals surface area contributed by atoms with Crippen LogP contribution in [0.1, 0.15) is 28.4 Å². The van der Waals surface area contributed by atoms with Gasteiger partial charge in [0.2, 0.25) is 5.56 Å². The predicted molar refractivity (Wildman–Crippen MR) is 105 cm³/mol. The maximum Gasteiger partial charge on any atom is 0.255 e. The molecule has 0 bridgehead atoms. The van der Waals surface area contributed by atoms with Crippen molar-refractivity contribution in [3.05, 3.63) is 100.0 Å². The Hall–Kier alpha value is -3.34. The van der Waals surface area contributed by atoms with Gasteiger partial charge in [-0.05, 0) is 36.2 Å². The van der Waals surface area contributed by atoms with Crippen molar-refractivity contribution in [2.75, 3.05) is 6.54 Å². The smallest absolute Gasteiger partial charge is 0.255 e. The SMILES string of the molecule is CCN(Cc1ccc(OCc2ccccc2)cc1)C(=O)c1ccc(=O)[nH]c1. The minimum Gasteiger partial charge on any atom is -0.489 e. The van der Waals surface area contributed by atoms with Gasteiger partial charge in [-0.2, -0.15) is 0 Å². The lowest BCUT2D eigenvalue weighted by molar-refractivity contribution is 0.0752. The van der Waals surface area contributed by atoms with Crippen molar-refractivity contribution >= 4 is 5.91 Å². The first-order valence-corrected chi connectivity index (χ1v) is 8.89. The van der Waals surface area contributed by atoms with Crippen LogP contribution in [0, 0.1) is 0 Å². The molecule has 1 N–H and O–H groups in total. The molecule has 2 aromatic carbocycles. The van der Waals surface area contributed by atoms with Crippen molar-refractivity contribution in [1.29, 1.82) is 0 Å². The lowest BCUT2D eigenvalue weighted by Gasteiger charge is -2.21. The Kier molecular flexibility index (Phi) is 6.05. The molecule has 138 valence electrons. The van der Waals surface area contributed by atoms with E-state index in [2.05, 4.69) is 4.98 Å². The molecule has 0 atom stereocenters. The summed E-state index contributed by atoms with van der Waals surface area (Å²) in [7, 11) is 0. The molecule has 1 heterocycles. The number of hydrogen-bond acceptors (Lipinski definition) is 3. The van der Waals surface area contributed by atoms with Crippen molar-refractivity contribution in [2.24, 2.45) is 0 Å². The van der Waals surface area contributed by atoms with Gasteiger partial charge in [-0.15, -0.1) is 0 Å². The molecule has 1 aromatic heterocycles. The maximum absolute atomic E-state index is 12.6. The third-order valence-corrected chi connectivity index (χ3v) is 4.25. The van der Waals surface area contributed by atoms with Gasteiger partial charge in [0.15, 0.2) is 0 Å². The van der Waals surface area contributed by atoms with Crippen LogP contribution in [0.25, 0.3) is 0 Å². The van der Waals surface area contributed by atoms with Gasteiger partial charge >= 0.3 is 0 Å². The highest BCUT2D eigenvalue weighted by molar-refractivity contribution is 5.93. The van der Waals surface area contributed by atoms with E-state index in [1.807, 2.05) is 61.5 Å². The second-order valence-electron chi connectivity index (χ2n) is 6.18. The second kappa shape index (κ2) is 8.85. The molecular weight excluding hydrogens is 340 g/mol. The van der Waals surface area contributed by atoms with Crippen molar-refractivity contribution in [3.63, 3.8) is 0 Å². The summed E-state index contributed by atoms with van der Waals surface area (Å²) >= 11 is 0. The van der Waals surface area contributed by atoms with Gasteiger partial charge in [0, 0.05) is 25.4 Å². The van der Waals surface area contributed by atoms with Crippen LogP contribution in [-0.2, 0) is 13.2 Å². The topological polar surface area (TPSA) is 62.4 Å². The molecule has 5 heteroatoms. The molecule has 0 saturated heterocycles. The van der Waals surface area contributed by atoms with Crippen molar-refractivity contribution < 1.29 is 9.53 Å². The molecule has 1 amide bonds. The fourth-order valence-electron chi connectivity index (χ4n) is 2.71. The number of benzene rings is 2. The van der Waals surface area contributed by atoms with Crippen molar-refractivity contribution in [1.82, 2.24) is 9.88 Å². The number of rotatable bonds is 7. The molecule has 0 radical (unpaired) electrons. The average Bonchev–Trinajstić information content (AvgIpc) is 2.72. The fourth-order valence-corrected chi connectivity index (χ4v) is 2.71. The summed E-state index contributed by atoms with van der Waals surface area (Å²) in [4.78, 5) is 28.0. The Morgan fingerprint density at radius 1 is 0.963 bits per heavy atom. The number of aromatic nitrogens is 1. The minimum atomic E-state index is -0.222. The first-order chi connectivity index (χ1) is 13.2. The van der Waals surface area contributed by atoms with E-state index in [0.717, 1.165) is 16.9 Å². The molecule has 3 aromatic rings. The van der Waals surface area contributed by atoms with Crippen LogP contribution in [0.15, 0.2) is 77.7 Å². The van der Waals surface area contributed by atoms with E-state index in [1.165, 1.54) is 12.3 Å². The molecule has 3 rings (SSSR count). The normalized spacial score (nSPS) is 10.4. The standard InChI is InChI=1S/C22H22N2O3/c1-2-24(22(26)19-10-13-21(25)23-14-19)15-17-8-11-20(12-9-17)27-16-18-6-4-3-5-7-18/h3-14H,2,15-16H2,1H3,(H,23,25). The van der Waals surface area contributed by atoms with E-state index in [9.17, 15) is 9.59 Å². The van der Waals surface area contributed by atoms with E-state index in [0.29, 0.717) is 25.3 Å². The van der Waals surface area contributed by atoms with Crippen LogP contribution in [0.2, 0.25) is 0 Å². The lowest BCUT2D eigenvalue weighted by atomic mass is 10.1. The summed E-state index contributed by atoms with van der Waals surface area (Å²) in [5, 5.41) is 0. The molecule has 0 aliphatic rings. The molecule has 5 nitrogen and oxygen atoms in total. The van der Waals surface area contributed by atoms with E-state index >= 15 is 0 Å². The molecule has 0 aliphatic carbocycles. The molecule has 0 spiro atoms. The van der Waals surface area contributed by atoms with Gasteiger partial charge < -0.3 is 14.6 Å². The zero-order chi connectivity index (χ0) is 19.1. The minimum absolute atomic E-state index is 0.113. The number of pyridine rings is 1. The fraction of sp³-hybridized carbons (Fsp3) is 0.182. The number of ether oxygens (including phenoxy) is 1. The summed E-state index contributed by atoms with van der Waals surface area (Å²) in [5.41, 5.74) is 2.38. The summed E-state index contributed by atoms with van der Waals surface area (Å²) in [6, 6.07) is 20.7. The quantitative estimate of drug-likeness (QED) is 0.698. The van der Waals surface area contributed by atoms with Crippen LogP contribution < -0.4 is 10.3 Å². The van der Waals surface area contributed by atoms with Crippen molar-refractivity contribution in [3.8, 4) is 5.75 Å². The number of H-pyrrole nitrogens is 1. The Morgan fingerprint density at radius 3 is 2.33 bits per heavy atom. The van der Waals surface area contributed by atoms with Gasteiger partial charge in [0.05, 0.1) is 5.56 Å². The highest BCUT2D eigenvalue weighted by Gasteiger charge is 2.14. The first kappa shape index (κ1) is 18.5. The molecular formula is C22H22N2O3. The third kappa shape index (κ3) is 5.07. The summed E-state index contributed by atoms with van der Waals surface area (Å²) in [6.07, 6.45) is 1.45. The first-order valence-electron chi connectivity index (χ1n) is 8.89. The highest BCUT2D eigenvalue weighted by Crippen LogP contribution is 2.16. The highest BCUT2D eigenvalue weighted by atomic mass is 16.5. The van der Waals surface area contributed by atoms with E-state index in [-0.39, 0.29) is 11.5 Å². The maximum atomic E-state index is 12.6.